The number of hydrogen-bond donors (Lipinski definition) is 1. The highest BCUT2D eigenvalue weighted by atomic mass is 35.5. The first-order valence-corrected chi connectivity index (χ1v) is 4.34. The molecule has 0 spiro atoms. The van der Waals surface area contributed by atoms with E-state index in [9.17, 15) is 0 Å². The van der Waals surface area contributed by atoms with Gasteiger partial charge in [-0.3, -0.25) is 0 Å². The van der Waals surface area contributed by atoms with Gasteiger partial charge in [-0.15, -0.1) is 11.6 Å². The Labute approximate surface area is 76.3 Å². The van der Waals surface area contributed by atoms with Crippen molar-refractivity contribution in [3.8, 4) is 0 Å². The second-order valence-corrected chi connectivity index (χ2v) is 3.56. The van der Waals surface area contributed by atoms with Crippen molar-refractivity contribution >= 4 is 23.2 Å². The lowest BCUT2D eigenvalue weighted by molar-refractivity contribution is 0.245. The molecule has 0 radical (unpaired) electrons. The molecule has 3 heteroatoms. The van der Waals surface area contributed by atoms with Crippen molar-refractivity contribution in [2.45, 2.75) is 11.8 Å². The Hall–Kier alpha value is 0.0200. The van der Waals surface area contributed by atoms with E-state index in [1.165, 1.54) is 0 Å². The van der Waals surface area contributed by atoms with E-state index in [-0.39, 0.29) is 17.9 Å². The summed E-state index contributed by atoms with van der Waals surface area (Å²) in [6.07, 6.45) is 6.20. The minimum absolute atomic E-state index is 0.00849. The molecule has 0 bridgehead atoms. The van der Waals surface area contributed by atoms with Crippen LogP contribution in [-0.2, 0) is 0 Å². The summed E-state index contributed by atoms with van der Waals surface area (Å²) in [7, 11) is 0. The van der Waals surface area contributed by atoms with Gasteiger partial charge in [0.15, 0.2) is 0 Å². The van der Waals surface area contributed by atoms with Crippen LogP contribution in [0, 0.1) is 5.92 Å². The van der Waals surface area contributed by atoms with Crippen LogP contribution in [-0.4, -0.2) is 17.1 Å². The molecule has 1 N–H and O–H groups in total. The number of aliphatic hydroxyl groups excluding tert-OH is 1. The molecule has 0 fully saturated rings. The fraction of sp³-hybridized carbons (Fsp3) is 0.500. The number of allylic oxidation sites excluding steroid dienone is 3. The summed E-state index contributed by atoms with van der Waals surface area (Å²) in [5.41, 5.74) is 0. The largest absolute Gasteiger partial charge is 0.396 e. The maximum Gasteiger partial charge on any atom is 0.0526 e. The van der Waals surface area contributed by atoms with E-state index in [0.29, 0.717) is 11.5 Å². The molecule has 0 aliphatic heterocycles. The van der Waals surface area contributed by atoms with Gasteiger partial charge in [0.2, 0.25) is 0 Å². The predicted octanol–water partition coefficient (Wildman–Crippen LogP) is 2.28. The van der Waals surface area contributed by atoms with Crippen LogP contribution in [0.5, 0.6) is 0 Å². The smallest absolute Gasteiger partial charge is 0.0526 e. The van der Waals surface area contributed by atoms with Gasteiger partial charge in [0.1, 0.15) is 0 Å². The van der Waals surface area contributed by atoms with Crippen molar-refractivity contribution in [2.75, 3.05) is 6.61 Å². The molecule has 1 aliphatic rings. The summed E-state index contributed by atoms with van der Waals surface area (Å²) < 4.78 is 0. The van der Waals surface area contributed by atoms with Crippen LogP contribution in [0.2, 0.25) is 0 Å². The van der Waals surface area contributed by atoms with Gasteiger partial charge in [0.25, 0.3) is 0 Å². The minimum atomic E-state index is -0.0142. The second kappa shape index (κ2) is 4.15. The average Bonchev–Trinajstić information content (AvgIpc) is 2.13. The SMILES string of the molecule is OCC1CC(Cl)C=CC=C1Cl. The van der Waals surface area contributed by atoms with E-state index in [4.69, 9.17) is 28.3 Å². The maximum atomic E-state index is 8.89. The van der Waals surface area contributed by atoms with E-state index >= 15 is 0 Å². The Morgan fingerprint density at radius 3 is 3.00 bits per heavy atom. The first-order chi connectivity index (χ1) is 5.24. The van der Waals surface area contributed by atoms with E-state index in [1.807, 2.05) is 12.2 Å². The third-order valence-electron chi connectivity index (χ3n) is 1.70. The minimum Gasteiger partial charge on any atom is -0.396 e. The van der Waals surface area contributed by atoms with E-state index < -0.39 is 0 Å². The lowest BCUT2D eigenvalue weighted by atomic mass is 10.1. The Kier molecular flexibility index (Phi) is 3.44. The van der Waals surface area contributed by atoms with Crippen LogP contribution in [0.15, 0.2) is 23.3 Å². The van der Waals surface area contributed by atoms with Gasteiger partial charge in [0.05, 0.1) is 12.0 Å². The predicted molar refractivity (Wildman–Crippen MR) is 47.9 cm³/mol. The van der Waals surface area contributed by atoms with Crippen molar-refractivity contribution in [3.63, 3.8) is 0 Å². The molecule has 0 aromatic rings. The van der Waals surface area contributed by atoms with Crippen LogP contribution < -0.4 is 0 Å². The van der Waals surface area contributed by atoms with Gasteiger partial charge >= 0.3 is 0 Å². The Balaban J connectivity index is 2.67. The fourth-order valence-electron chi connectivity index (χ4n) is 1.03. The summed E-state index contributed by atoms with van der Waals surface area (Å²) in [5.74, 6) is 0.00849. The maximum absolute atomic E-state index is 8.89. The highest BCUT2D eigenvalue weighted by Crippen LogP contribution is 2.25. The summed E-state index contributed by atoms with van der Waals surface area (Å²) in [5, 5.41) is 9.57. The molecule has 1 nitrogen and oxygen atoms in total. The van der Waals surface area contributed by atoms with Gasteiger partial charge < -0.3 is 5.11 Å². The molecular formula is C8H10Cl2O. The highest BCUT2D eigenvalue weighted by Gasteiger charge is 2.16. The molecule has 0 saturated heterocycles. The first kappa shape index (κ1) is 9.11. The molecule has 0 aromatic heterocycles. The van der Waals surface area contributed by atoms with E-state index in [2.05, 4.69) is 0 Å². The van der Waals surface area contributed by atoms with Crippen LogP contribution in [0.25, 0.3) is 0 Å². The summed E-state index contributed by atoms with van der Waals surface area (Å²) in [6, 6.07) is 0. The molecule has 0 saturated carbocycles. The molecule has 2 unspecified atom stereocenters. The molecule has 62 valence electrons. The summed E-state index contributed by atoms with van der Waals surface area (Å²) >= 11 is 11.7. The van der Waals surface area contributed by atoms with E-state index in [1.54, 1.807) is 6.08 Å². The van der Waals surface area contributed by atoms with Gasteiger partial charge in [0, 0.05) is 11.0 Å². The topological polar surface area (TPSA) is 20.2 Å². The number of hydrogen-bond acceptors (Lipinski definition) is 1. The van der Waals surface area contributed by atoms with Gasteiger partial charge in [-0.05, 0) is 12.5 Å². The van der Waals surface area contributed by atoms with Crippen molar-refractivity contribution in [3.05, 3.63) is 23.3 Å². The van der Waals surface area contributed by atoms with Crippen LogP contribution >= 0.6 is 23.2 Å². The van der Waals surface area contributed by atoms with Crippen molar-refractivity contribution in [2.24, 2.45) is 5.92 Å². The molecule has 2 atom stereocenters. The normalized spacial score (nSPS) is 31.4. The zero-order valence-electron chi connectivity index (χ0n) is 6.00. The standard InChI is InChI=1S/C8H10Cl2O/c9-7-2-1-3-8(10)6(4-7)5-11/h1-3,6-7,11H,4-5H2. The molecular weight excluding hydrogens is 183 g/mol. The van der Waals surface area contributed by atoms with Crippen molar-refractivity contribution < 1.29 is 5.11 Å². The van der Waals surface area contributed by atoms with E-state index in [0.717, 1.165) is 0 Å². The average molecular weight is 193 g/mol. The Morgan fingerprint density at radius 2 is 2.36 bits per heavy atom. The third kappa shape index (κ3) is 2.51. The monoisotopic (exact) mass is 192 g/mol. The third-order valence-corrected chi connectivity index (χ3v) is 2.45. The summed E-state index contributed by atoms with van der Waals surface area (Å²) in [6.45, 7) is 0.0697. The Bertz CT molecular complexity index is 187. The lowest BCUT2D eigenvalue weighted by Crippen LogP contribution is -2.10. The van der Waals surface area contributed by atoms with Crippen LogP contribution in [0.4, 0.5) is 0 Å². The first-order valence-electron chi connectivity index (χ1n) is 3.53. The number of aliphatic hydroxyl groups is 1. The zero-order valence-corrected chi connectivity index (χ0v) is 7.52. The molecule has 1 aliphatic carbocycles. The molecule has 11 heavy (non-hydrogen) atoms. The van der Waals surface area contributed by atoms with Crippen LogP contribution in [0.3, 0.4) is 0 Å². The number of alkyl halides is 1. The molecule has 0 heterocycles. The highest BCUT2D eigenvalue weighted by molar-refractivity contribution is 6.30. The van der Waals surface area contributed by atoms with Gasteiger partial charge in [-0.25, -0.2) is 0 Å². The second-order valence-electron chi connectivity index (χ2n) is 2.57. The van der Waals surface area contributed by atoms with Gasteiger partial charge in [-0.1, -0.05) is 23.8 Å². The lowest BCUT2D eigenvalue weighted by Gasteiger charge is -2.12. The fourth-order valence-corrected chi connectivity index (χ4v) is 1.56. The Morgan fingerprint density at radius 1 is 1.64 bits per heavy atom. The van der Waals surface area contributed by atoms with Crippen molar-refractivity contribution in [1.82, 2.24) is 0 Å². The zero-order chi connectivity index (χ0) is 8.27. The molecule has 0 aromatic carbocycles. The van der Waals surface area contributed by atoms with Gasteiger partial charge in [-0.2, -0.15) is 0 Å². The molecule has 0 amide bonds. The number of halogens is 2. The quantitative estimate of drug-likeness (QED) is 0.633. The van der Waals surface area contributed by atoms with Crippen molar-refractivity contribution in [1.29, 1.82) is 0 Å². The number of rotatable bonds is 1. The summed E-state index contributed by atoms with van der Waals surface area (Å²) in [4.78, 5) is 0. The molecule has 1 rings (SSSR count). The van der Waals surface area contributed by atoms with Crippen LogP contribution in [0.1, 0.15) is 6.42 Å².